The molecule has 0 amide bonds. The molecule has 0 fully saturated rings. The fourth-order valence-electron chi connectivity index (χ4n) is 1.13. The highest BCUT2D eigenvalue weighted by Crippen LogP contribution is 2.38. The van der Waals surface area contributed by atoms with Crippen molar-refractivity contribution >= 4 is 0 Å². The van der Waals surface area contributed by atoms with Crippen molar-refractivity contribution in [1.82, 2.24) is 0 Å². The summed E-state index contributed by atoms with van der Waals surface area (Å²) in [5.41, 5.74) is 0. The molecule has 0 aromatic carbocycles. The summed E-state index contributed by atoms with van der Waals surface area (Å²) in [7, 11) is 0. The van der Waals surface area contributed by atoms with Crippen molar-refractivity contribution in [2.24, 2.45) is 0 Å². The van der Waals surface area contributed by atoms with Crippen LogP contribution in [0, 0.1) is 0 Å². The van der Waals surface area contributed by atoms with Crippen LogP contribution < -0.4 is 0 Å². The van der Waals surface area contributed by atoms with Gasteiger partial charge in [-0.2, -0.15) is 22.0 Å². The molecule has 0 saturated carbocycles. The van der Waals surface area contributed by atoms with Gasteiger partial charge in [0.2, 0.25) is 0 Å². The van der Waals surface area contributed by atoms with Gasteiger partial charge in [-0.15, -0.1) is 0 Å². The van der Waals surface area contributed by atoms with Crippen molar-refractivity contribution in [3.8, 4) is 0 Å². The van der Waals surface area contributed by atoms with E-state index in [1.807, 2.05) is 6.92 Å². The normalized spacial score (nSPS) is 14.8. The maximum atomic E-state index is 12.5. The molecule has 0 aromatic rings. The quantitative estimate of drug-likeness (QED) is 0.358. The van der Waals surface area contributed by atoms with E-state index >= 15 is 0 Å². The molecule has 7 heteroatoms. The molecular weight excluding hydrogens is 259 g/mol. The molecule has 18 heavy (non-hydrogen) atoms. The van der Waals surface area contributed by atoms with E-state index in [1.165, 1.54) is 0 Å². The highest BCUT2D eigenvalue weighted by molar-refractivity contribution is 4.75. The van der Waals surface area contributed by atoms with E-state index in [0.717, 1.165) is 12.8 Å². The first-order valence-electron chi connectivity index (χ1n) is 5.88. The Morgan fingerprint density at radius 2 is 1.44 bits per heavy atom. The van der Waals surface area contributed by atoms with Crippen molar-refractivity contribution in [2.75, 3.05) is 13.2 Å². The van der Waals surface area contributed by atoms with Gasteiger partial charge in [0, 0.05) is 19.6 Å². The maximum Gasteiger partial charge on any atom is 0.453 e. The standard InChI is InChI=1S/C11H19F5O2/c1-3-4-7-17-9(2)18-8-5-6-10(12,13)11(14,15)16/h9H,3-8H2,1-2H3/t9-/m0/s1. The van der Waals surface area contributed by atoms with Gasteiger partial charge < -0.3 is 9.47 Å². The molecule has 0 saturated heterocycles. The minimum absolute atomic E-state index is 0.182. The lowest BCUT2D eigenvalue weighted by atomic mass is 10.2. The molecule has 0 N–H and O–H groups in total. The van der Waals surface area contributed by atoms with Gasteiger partial charge in [0.1, 0.15) is 0 Å². The van der Waals surface area contributed by atoms with Crippen molar-refractivity contribution in [3.05, 3.63) is 0 Å². The van der Waals surface area contributed by atoms with Gasteiger partial charge in [0.05, 0.1) is 0 Å². The number of alkyl halides is 5. The Hall–Kier alpha value is -0.430. The van der Waals surface area contributed by atoms with Crippen LogP contribution in [0.2, 0.25) is 0 Å². The monoisotopic (exact) mass is 278 g/mol. The Morgan fingerprint density at radius 1 is 0.944 bits per heavy atom. The summed E-state index contributed by atoms with van der Waals surface area (Å²) < 4.78 is 70.5. The molecule has 0 heterocycles. The van der Waals surface area contributed by atoms with Crippen LogP contribution in [-0.2, 0) is 9.47 Å². The molecule has 0 unspecified atom stereocenters. The van der Waals surface area contributed by atoms with Crippen molar-refractivity contribution in [1.29, 1.82) is 0 Å². The first kappa shape index (κ1) is 17.6. The summed E-state index contributed by atoms with van der Waals surface area (Å²) in [6.07, 6.45) is -5.91. The molecule has 0 bridgehead atoms. The smallest absolute Gasteiger partial charge is 0.353 e. The molecule has 0 aromatic heterocycles. The van der Waals surface area contributed by atoms with Crippen LogP contribution in [0.25, 0.3) is 0 Å². The highest BCUT2D eigenvalue weighted by Gasteiger charge is 2.56. The van der Waals surface area contributed by atoms with Crippen molar-refractivity contribution < 1.29 is 31.4 Å². The number of rotatable bonds is 9. The lowest BCUT2D eigenvalue weighted by Gasteiger charge is -2.20. The molecule has 0 spiro atoms. The van der Waals surface area contributed by atoms with Crippen LogP contribution in [0.4, 0.5) is 22.0 Å². The van der Waals surface area contributed by atoms with Crippen LogP contribution in [0.15, 0.2) is 0 Å². The summed E-state index contributed by atoms with van der Waals surface area (Å²) in [5, 5.41) is 0. The van der Waals surface area contributed by atoms with E-state index in [4.69, 9.17) is 9.47 Å². The highest BCUT2D eigenvalue weighted by atomic mass is 19.4. The second-order valence-corrected chi connectivity index (χ2v) is 3.97. The summed E-state index contributed by atoms with van der Waals surface area (Å²) in [5.74, 6) is -4.65. The molecule has 2 nitrogen and oxygen atoms in total. The van der Waals surface area contributed by atoms with Crippen LogP contribution in [-0.4, -0.2) is 31.6 Å². The molecule has 0 rings (SSSR count). The Bertz CT molecular complexity index is 218. The van der Waals surface area contributed by atoms with E-state index < -0.39 is 24.8 Å². The number of ether oxygens (including phenoxy) is 2. The minimum atomic E-state index is -5.49. The van der Waals surface area contributed by atoms with Crippen LogP contribution in [0.1, 0.15) is 39.5 Å². The molecule has 0 aliphatic rings. The minimum Gasteiger partial charge on any atom is -0.353 e. The lowest BCUT2D eigenvalue weighted by Crippen LogP contribution is -2.36. The lowest BCUT2D eigenvalue weighted by molar-refractivity contribution is -0.285. The van der Waals surface area contributed by atoms with Gasteiger partial charge in [-0.3, -0.25) is 0 Å². The first-order valence-corrected chi connectivity index (χ1v) is 5.88. The average Bonchev–Trinajstić information content (AvgIpc) is 2.23. The maximum absolute atomic E-state index is 12.5. The van der Waals surface area contributed by atoms with E-state index in [1.54, 1.807) is 6.92 Å². The zero-order chi connectivity index (χ0) is 14.2. The first-order chi connectivity index (χ1) is 8.20. The summed E-state index contributed by atoms with van der Waals surface area (Å²) in [4.78, 5) is 0. The molecule has 0 radical (unpaired) electrons. The third kappa shape index (κ3) is 7.10. The van der Waals surface area contributed by atoms with E-state index in [0.29, 0.717) is 6.61 Å². The fourth-order valence-corrected chi connectivity index (χ4v) is 1.13. The average molecular weight is 278 g/mol. The van der Waals surface area contributed by atoms with Crippen molar-refractivity contribution in [3.63, 3.8) is 0 Å². The number of unbranched alkanes of at least 4 members (excludes halogenated alkanes) is 1. The van der Waals surface area contributed by atoms with Crippen LogP contribution >= 0.6 is 0 Å². The number of hydrogen-bond donors (Lipinski definition) is 0. The van der Waals surface area contributed by atoms with Gasteiger partial charge in [-0.05, 0) is 19.8 Å². The fraction of sp³-hybridized carbons (Fsp3) is 1.00. The third-order valence-electron chi connectivity index (χ3n) is 2.25. The van der Waals surface area contributed by atoms with E-state index in [-0.39, 0.29) is 13.0 Å². The number of halogens is 5. The predicted molar refractivity (Wildman–Crippen MR) is 56.5 cm³/mol. The Kier molecular flexibility index (Phi) is 7.70. The second-order valence-electron chi connectivity index (χ2n) is 3.97. The molecule has 110 valence electrons. The summed E-state index contributed by atoms with van der Waals surface area (Å²) >= 11 is 0. The Balaban J connectivity index is 3.67. The SMILES string of the molecule is CCCCO[C@H](C)OCCCC(F)(F)C(F)(F)F. The van der Waals surface area contributed by atoms with E-state index in [9.17, 15) is 22.0 Å². The molecule has 0 aliphatic carbocycles. The molecule has 0 aliphatic heterocycles. The van der Waals surface area contributed by atoms with Gasteiger partial charge in [0.15, 0.2) is 6.29 Å². The van der Waals surface area contributed by atoms with E-state index in [2.05, 4.69) is 0 Å². The number of hydrogen-bond acceptors (Lipinski definition) is 2. The Labute approximate surface area is 103 Å². The Morgan fingerprint density at radius 3 is 1.89 bits per heavy atom. The van der Waals surface area contributed by atoms with Gasteiger partial charge in [0.25, 0.3) is 0 Å². The largest absolute Gasteiger partial charge is 0.453 e. The topological polar surface area (TPSA) is 18.5 Å². The second kappa shape index (κ2) is 7.89. The van der Waals surface area contributed by atoms with Gasteiger partial charge >= 0.3 is 12.1 Å². The van der Waals surface area contributed by atoms with Crippen LogP contribution in [0.5, 0.6) is 0 Å². The van der Waals surface area contributed by atoms with Gasteiger partial charge in [-0.25, -0.2) is 0 Å². The zero-order valence-corrected chi connectivity index (χ0v) is 10.5. The van der Waals surface area contributed by atoms with Crippen LogP contribution in [0.3, 0.4) is 0 Å². The molecular formula is C11H19F5O2. The zero-order valence-electron chi connectivity index (χ0n) is 10.5. The summed E-state index contributed by atoms with van der Waals surface area (Å²) in [6, 6.07) is 0. The summed E-state index contributed by atoms with van der Waals surface area (Å²) in [6.45, 7) is 3.86. The predicted octanol–water partition coefficient (Wildman–Crippen LogP) is 4.14. The molecule has 1 atom stereocenters. The van der Waals surface area contributed by atoms with Gasteiger partial charge in [-0.1, -0.05) is 13.3 Å². The third-order valence-corrected chi connectivity index (χ3v) is 2.25. The van der Waals surface area contributed by atoms with Crippen molar-refractivity contribution in [2.45, 2.75) is 57.9 Å².